The number of hydrogen-bond donors (Lipinski definition) is 5. The van der Waals surface area contributed by atoms with Crippen molar-refractivity contribution < 1.29 is 29.0 Å². The number of hydrazine groups is 1. The van der Waals surface area contributed by atoms with Gasteiger partial charge in [-0.1, -0.05) is 12.1 Å². The van der Waals surface area contributed by atoms with Crippen molar-refractivity contribution in [1.29, 1.82) is 5.41 Å². The highest BCUT2D eigenvalue weighted by molar-refractivity contribution is 6.05. The highest BCUT2D eigenvalue weighted by atomic mass is 16.5. The number of amidine groups is 1. The number of amides is 3. The molecule has 3 amide bonds. The molecule has 2 atom stereocenters. The molecule has 1 aliphatic rings. The number of morpholine rings is 1. The molecule has 0 spiro atoms. The minimum absolute atomic E-state index is 0.0305. The second-order valence-electron chi connectivity index (χ2n) is 7.12. The first-order valence-corrected chi connectivity index (χ1v) is 9.85. The SMILES string of the molecule is N=C(N)c1ccc(N(N)C(=O)[C@H](O)[C@H]2OCCN(c3ccccc3OCC(N)=O)C2=O)cc1. The Kier molecular flexibility index (Phi) is 7.23. The number of aliphatic hydroxyl groups excluding tert-OH is 1. The van der Waals surface area contributed by atoms with Gasteiger partial charge in [-0.15, -0.1) is 0 Å². The van der Waals surface area contributed by atoms with Crippen molar-refractivity contribution in [2.24, 2.45) is 17.3 Å². The van der Waals surface area contributed by atoms with Crippen LogP contribution in [0.2, 0.25) is 0 Å². The van der Waals surface area contributed by atoms with Gasteiger partial charge in [-0.25, -0.2) is 10.9 Å². The van der Waals surface area contributed by atoms with Crippen LogP contribution in [0, 0.1) is 5.41 Å². The first-order valence-electron chi connectivity index (χ1n) is 9.85. The maximum atomic E-state index is 13.1. The lowest BCUT2D eigenvalue weighted by Crippen LogP contribution is -2.58. The van der Waals surface area contributed by atoms with Gasteiger partial charge in [-0.3, -0.25) is 19.8 Å². The molecular formula is C21H24N6O6. The van der Waals surface area contributed by atoms with Gasteiger partial charge in [-0.2, -0.15) is 0 Å². The maximum absolute atomic E-state index is 13.1. The number of carbonyl (C=O) groups is 3. The molecule has 0 saturated carbocycles. The zero-order chi connectivity index (χ0) is 24.1. The summed E-state index contributed by atoms with van der Waals surface area (Å²) < 4.78 is 10.8. The number of nitrogens with zero attached hydrogens (tertiary/aromatic N) is 2. The smallest absolute Gasteiger partial charge is 0.273 e. The van der Waals surface area contributed by atoms with E-state index in [0.717, 1.165) is 0 Å². The van der Waals surface area contributed by atoms with Crippen molar-refractivity contribution in [2.45, 2.75) is 12.2 Å². The van der Waals surface area contributed by atoms with Crippen LogP contribution in [0.15, 0.2) is 48.5 Å². The number of hydrogen-bond acceptors (Lipinski definition) is 8. The van der Waals surface area contributed by atoms with Crippen LogP contribution in [-0.2, 0) is 19.1 Å². The molecule has 12 heteroatoms. The third-order valence-corrected chi connectivity index (χ3v) is 4.88. The van der Waals surface area contributed by atoms with Crippen molar-refractivity contribution >= 4 is 34.9 Å². The predicted octanol–water partition coefficient (Wildman–Crippen LogP) is -1.17. The number of nitrogen functional groups attached to an aromatic ring is 1. The van der Waals surface area contributed by atoms with Crippen molar-refractivity contribution in [3.63, 3.8) is 0 Å². The number of benzene rings is 2. The van der Waals surface area contributed by atoms with Gasteiger partial charge in [0.15, 0.2) is 18.8 Å². The molecule has 1 aliphatic heterocycles. The third kappa shape index (κ3) is 5.26. The minimum Gasteiger partial charge on any atom is -0.482 e. The lowest BCUT2D eigenvalue weighted by molar-refractivity contribution is -0.151. The Labute approximate surface area is 188 Å². The predicted molar refractivity (Wildman–Crippen MR) is 118 cm³/mol. The van der Waals surface area contributed by atoms with Gasteiger partial charge in [0.2, 0.25) is 0 Å². The normalized spacial score (nSPS) is 16.7. The largest absolute Gasteiger partial charge is 0.482 e. The molecule has 1 fully saturated rings. The summed E-state index contributed by atoms with van der Waals surface area (Å²) in [6.07, 6.45) is -3.41. The molecule has 3 rings (SSSR count). The fourth-order valence-electron chi connectivity index (χ4n) is 3.22. The van der Waals surface area contributed by atoms with Gasteiger partial charge in [0.1, 0.15) is 11.6 Å². The van der Waals surface area contributed by atoms with E-state index in [-0.39, 0.29) is 37.0 Å². The molecule has 0 unspecified atom stereocenters. The Bertz CT molecular complexity index is 1060. The van der Waals surface area contributed by atoms with Crippen LogP contribution in [-0.4, -0.2) is 60.6 Å². The lowest BCUT2D eigenvalue weighted by Gasteiger charge is -2.35. The quantitative estimate of drug-likeness (QED) is 0.108. The molecular weight excluding hydrogens is 432 g/mol. The van der Waals surface area contributed by atoms with Crippen molar-refractivity contribution in [3.05, 3.63) is 54.1 Å². The van der Waals surface area contributed by atoms with E-state index in [1.54, 1.807) is 24.3 Å². The molecule has 0 bridgehead atoms. The van der Waals surface area contributed by atoms with E-state index >= 15 is 0 Å². The topological polar surface area (TPSA) is 198 Å². The van der Waals surface area contributed by atoms with E-state index in [1.807, 2.05) is 0 Å². The standard InChI is InChI=1S/C21H24N6O6/c22-16(28)11-33-15-4-2-1-3-14(15)26-9-10-32-18(21(26)31)17(29)20(30)27(25)13-7-5-12(6-8-13)19(23)24/h1-8,17-18,29H,9-11,25H2,(H2,22,28)(H3,23,24)/t17-,18-/m1/s1. The zero-order valence-electron chi connectivity index (χ0n) is 17.5. The van der Waals surface area contributed by atoms with Crippen LogP contribution in [0.25, 0.3) is 0 Å². The third-order valence-electron chi connectivity index (χ3n) is 4.88. The summed E-state index contributed by atoms with van der Waals surface area (Å²) in [7, 11) is 0. The van der Waals surface area contributed by atoms with E-state index in [1.165, 1.54) is 29.2 Å². The number of ether oxygens (including phenoxy) is 2. The number of primary amides is 1. The van der Waals surface area contributed by atoms with Crippen LogP contribution in [0.5, 0.6) is 5.75 Å². The fourth-order valence-corrected chi connectivity index (χ4v) is 3.22. The number of nitrogens with one attached hydrogen (secondary N) is 1. The molecule has 0 aliphatic carbocycles. The van der Waals surface area contributed by atoms with Crippen molar-refractivity contribution in [1.82, 2.24) is 0 Å². The van der Waals surface area contributed by atoms with Gasteiger partial charge in [0.25, 0.3) is 17.7 Å². The summed E-state index contributed by atoms with van der Waals surface area (Å²) in [5.41, 5.74) is 11.5. The second-order valence-corrected chi connectivity index (χ2v) is 7.12. The maximum Gasteiger partial charge on any atom is 0.273 e. The van der Waals surface area contributed by atoms with E-state index in [9.17, 15) is 19.5 Å². The molecule has 8 N–H and O–H groups in total. The number of rotatable bonds is 8. The Morgan fingerprint density at radius 2 is 1.88 bits per heavy atom. The number of carbonyl (C=O) groups excluding carboxylic acids is 3. The van der Waals surface area contributed by atoms with Crippen LogP contribution in [0.3, 0.4) is 0 Å². The lowest BCUT2D eigenvalue weighted by atomic mass is 10.1. The van der Waals surface area contributed by atoms with E-state index in [4.69, 9.17) is 32.2 Å². The first-order chi connectivity index (χ1) is 15.7. The molecule has 2 aromatic rings. The van der Waals surface area contributed by atoms with Gasteiger partial charge < -0.3 is 30.9 Å². The number of para-hydroxylation sites is 2. The van der Waals surface area contributed by atoms with Crippen LogP contribution >= 0.6 is 0 Å². The van der Waals surface area contributed by atoms with Gasteiger partial charge in [0.05, 0.1) is 18.0 Å². The summed E-state index contributed by atoms with van der Waals surface area (Å²) in [5, 5.41) is 18.7. The van der Waals surface area contributed by atoms with Gasteiger partial charge in [0, 0.05) is 12.1 Å². The van der Waals surface area contributed by atoms with Crippen molar-refractivity contribution in [3.8, 4) is 5.75 Å². The Morgan fingerprint density at radius 3 is 2.52 bits per heavy atom. The van der Waals surface area contributed by atoms with Crippen LogP contribution < -0.4 is 32.0 Å². The fraction of sp³-hybridized carbons (Fsp3) is 0.238. The zero-order valence-corrected chi connectivity index (χ0v) is 17.5. The van der Waals surface area contributed by atoms with E-state index in [0.29, 0.717) is 16.3 Å². The van der Waals surface area contributed by atoms with Crippen molar-refractivity contribution in [2.75, 3.05) is 29.7 Å². The highest BCUT2D eigenvalue weighted by Gasteiger charge is 2.41. The Morgan fingerprint density at radius 1 is 1.21 bits per heavy atom. The number of nitrogens with two attached hydrogens (primary N) is 3. The highest BCUT2D eigenvalue weighted by Crippen LogP contribution is 2.30. The molecule has 33 heavy (non-hydrogen) atoms. The number of aliphatic hydroxyl groups is 1. The van der Waals surface area contributed by atoms with Gasteiger partial charge in [-0.05, 0) is 36.4 Å². The monoisotopic (exact) mass is 456 g/mol. The van der Waals surface area contributed by atoms with E-state index in [2.05, 4.69) is 0 Å². The molecule has 1 saturated heterocycles. The molecule has 0 radical (unpaired) electrons. The Hall–Kier alpha value is -4.00. The van der Waals surface area contributed by atoms with Crippen LogP contribution in [0.4, 0.5) is 11.4 Å². The molecule has 1 heterocycles. The minimum atomic E-state index is -1.89. The summed E-state index contributed by atoms with van der Waals surface area (Å²) >= 11 is 0. The molecule has 0 aromatic heterocycles. The Balaban J connectivity index is 1.77. The average molecular weight is 456 g/mol. The van der Waals surface area contributed by atoms with Gasteiger partial charge >= 0.3 is 0 Å². The summed E-state index contributed by atoms with van der Waals surface area (Å²) in [6.45, 7) is -0.223. The average Bonchev–Trinajstić information content (AvgIpc) is 2.81. The van der Waals surface area contributed by atoms with E-state index < -0.39 is 29.9 Å². The number of anilines is 2. The summed E-state index contributed by atoms with van der Waals surface area (Å²) in [4.78, 5) is 38.2. The molecule has 12 nitrogen and oxygen atoms in total. The second kappa shape index (κ2) is 10.1. The summed E-state index contributed by atoms with van der Waals surface area (Å²) in [5.74, 6) is 3.59. The molecule has 174 valence electrons. The summed E-state index contributed by atoms with van der Waals surface area (Å²) in [6, 6.07) is 12.4. The first kappa shape index (κ1) is 23.7. The van der Waals surface area contributed by atoms with Crippen LogP contribution in [0.1, 0.15) is 5.56 Å². The molecule has 2 aromatic carbocycles.